The molecule has 3 nitrogen and oxygen atoms in total. The summed E-state index contributed by atoms with van der Waals surface area (Å²) in [6.07, 6.45) is 1.55. The standard InChI is InChI=1S/C10H16ClN3/c1-7-5-9(13-6-12-7)14-10(3,4)8(2)11/h5-6,8H,1-4H3,(H,12,13,14). The third-order valence-corrected chi connectivity index (χ3v) is 2.79. The van der Waals surface area contributed by atoms with E-state index in [-0.39, 0.29) is 10.9 Å². The van der Waals surface area contributed by atoms with E-state index in [1.54, 1.807) is 6.33 Å². The second kappa shape index (κ2) is 4.13. The minimum Gasteiger partial charge on any atom is -0.364 e. The molecule has 0 spiro atoms. The van der Waals surface area contributed by atoms with Gasteiger partial charge in [-0.25, -0.2) is 9.97 Å². The van der Waals surface area contributed by atoms with Gasteiger partial charge in [0.05, 0.1) is 5.38 Å². The Morgan fingerprint density at radius 1 is 1.43 bits per heavy atom. The number of anilines is 1. The SMILES string of the molecule is Cc1cc(NC(C)(C)C(C)Cl)ncn1. The predicted molar refractivity (Wildman–Crippen MR) is 59.8 cm³/mol. The molecule has 1 rings (SSSR count). The average molecular weight is 214 g/mol. The number of nitrogens with one attached hydrogen (secondary N) is 1. The van der Waals surface area contributed by atoms with Crippen molar-refractivity contribution in [3.63, 3.8) is 0 Å². The van der Waals surface area contributed by atoms with Gasteiger partial charge in [-0.3, -0.25) is 0 Å². The van der Waals surface area contributed by atoms with E-state index in [2.05, 4.69) is 15.3 Å². The zero-order valence-corrected chi connectivity index (χ0v) is 9.76. The zero-order valence-electron chi connectivity index (χ0n) is 9.00. The smallest absolute Gasteiger partial charge is 0.130 e. The quantitative estimate of drug-likeness (QED) is 0.785. The summed E-state index contributed by atoms with van der Waals surface area (Å²) in [7, 11) is 0. The van der Waals surface area contributed by atoms with E-state index in [1.165, 1.54) is 0 Å². The number of hydrogen-bond acceptors (Lipinski definition) is 3. The van der Waals surface area contributed by atoms with Crippen molar-refractivity contribution < 1.29 is 0 Å². The van der Waals surface area contributed by atoms with E-state index in [0.717, 1.165) is 11.5 Å². The third kappa shape index (κ3) is 2.84. The number of rotatable bonds is 3. The van der Waals surface area contributed by atoms with Crippen LogP contribution in [0.1, 0.15) is 26.5 Å². The Morgan fingerprint density at radius 2 is 2.07 bits per heavy atom. The Balaban J connectivity index is 2.78. The van der Waals surface area contributed by atoms with Crippen LogP contribution in [0, 0.1) is 6.92 Å². The Morgan fingerprint density at radius 3 is 2.57 bits per heavy atom. The van der Waals surface area contributed by atoms with Crippen LogP contribution >= 0.6 is 11.6 Å². The van der Waals surface area contributed by atoms with Crippen molar-refractivity contribution in [3.05, 3.63) is 18.1 Å². The summed E-state index contributed by atoms with van der Waals surface area (Å²) < 4.78 is 0. The van der Waals surface area contributed by atoms with Crippen LogP contribution < -0.4 is 5.32 Å². The monoisotopic (exact) mass is 213 g/mol. The highest BCUT2D eigenvalue weighted by molar-refractivity contribution is 6.21. The highest BCUT2D eigenvalue weighted by Crippen LogP contribution is 2.20. The van der Waals surface area contributed by atoms with Gasteiger partial charge in [-0.2, -0.15) is 0 Å². The number of alkyl halides is 1. The molecule has 0 aliphatic carbocycles. The maximum absolute atomic E-state index is 6.05. The van der Waals surface area contributed by atoms with Crippen LogP contribution in [-0.2, 0) is 0 Å². The van der Waals surface area contributed by atoms with Gasteiger partial charge >= 0.3 is 0 Å². The molecular formula is C10H16ClN3. The first-order chi connectivity index (χ1) is 6.42. The van der Waals surface area contributed by atoms with Crippen LogP contribution in [0.25, 0.3) is 0 Å². The summed E-state index contributed by atoms with van der Waals surface area (Å²) in [6.45, 7) is 7.98. The van der Waals surface area contributed by atoms with E-state index in [4.69, 9.17) is 11.6 Å². The van der Waals surface area contributed by atoms with Gasteiger partial charge in [0.25, 0.3) is 0 Å². The van der Waals surface area contributed by atoms with Crippen LogP contribution in [0.3, 0.4) is 0 Å². The lowest BCUT2D eigenvalue weighted by molar-refractivity contribution is 0.552. The molecular weight excluding hydrogens is 198 g/mol. The van der Waals surface area contributed by atoms with Crippen LogP contribution in [-0.4, -0.2) is 20.9 Å². The Kier molecular flexibility index (Phi) is 3.32. The number of nitrogens with zero attached hydrogens (tertiary/aromatic N) is 2. The highest BCUT2D eigenvalue weighted by atomic mass is 35.5. The lowest BCUT2D eigenvalue weighted by atomic mass is 10.0. The molecule has 0 aromatic carbocycles. The molecule has 0 aliphatic heterocycles. The maximum Gasteiger partial charge on any atom is 0.130 e. The molecule has 1 aromatic rings. The topological polar surface area (TPSA) is 37.8 Å². The maximum atomic E-state index is 6.05. The largest absolute Gasteiger partial charge is 0.364 e. The molecule has 0 saturated heterocycles. The number of aryl methyl sites for hydroxylation is 1. The molecule has 1 N–H and O–H groups in total. The van der Waals surface area contributed by atoms with E-state index in [0.29, 0.717) is 0 Å². The molecule has 0 aliphatic rings. The van der Waals surface area contributed by atoms with Crippen molar-refractivity contribution in [2.24, 2.45) is 0 Å². The second-order valence-electron chi connectivity index (χ2n) is 4.01. The van der Waals surface area contributed by atoms with E-state index in [9.17, 15) is 0 Å². The normalized spacial score (nSPS) is 13.8. The first kappa shape index (κ1) is 11.2. The molecule has 0 radical (unpaired) electrons. The minimum absolute atomic E-state index is 0.0257. The van der Waals surface area contributed by atoms with Gasteiger partial charge in [-0.05, 0) is 27.7 Å². The molecule has 1 atom stereocenters. The fourth-order valence-corrected chi connectivity index (χ4v) is 1.01. The molecule has 0 fully saturated rings. The lowest BCUT2D eigenvalue weighted by Gasteiger charge is -2.29. The van der Waals surface area contributed by atoms with Crippen LogP contribution in [0.2, 0.25) is 0 Å². The summed E-state index contributed by atoms with van der Waals surface area (Å²) in [5.74, 6) is 0.815. The van der Waals surface area contributed by atoms with Crippen molar-refractivity contribution in [2.75, 3.05) is 5.32 Å². The Bertz CT molecular complexity index is 310. The van der Waals surface area contributed by atoms with Gasteiger partial charge in [0.1, 0.15) is 12.1 Å². The van der Waals surface area contributed by atoms with Gasteiger partial charge in [0.2, 0.25) is 0 Å². The first-order valence-corrected chi connectivity index (χ1v) is 5.06. The molecule has 1 heterocycles. The summed E-state index contributed by atoms with van der Waals surface area (Å²) in [6, 6.07) is 1.90. The molecule has 0 saturated carbocycles. The molecule has 78 valence electrons. The van der Waals surface area contributed by atoms with Crippen molar-refractivity contribution >= 4 is 17.4 Å². The first-order valence-electron chi connectivity index (χ1n) is 4.63. The van der Waals surface area contributed by atoms with E-state index in [1.807, 2.05) is 33.8 Å². The number of aromatic nitrogens is 2. The van der Waals surface area contributed by atoms with E-state index >= 15 is 0 Å². The van der Waals surface area contributed by atoms with Crippen molar-refractivity contribution in [1.82, 2.24) is 9.97 Å². The number of hydrogen-bond donors (Lipinski definition) is 1. The molecule has 0 amide bonds. The Labute approximate surface area is 89.9 Å². The molecule has 1 aromatic heterocycles. The van der Waals surface area contributed by atoms with Gasteiger partial charge < -0.3 is 5.32 Å². The summed E-state index contributed by atoms with van der Waals surface area (Å²) >= 11 is 6.05. The highest BCUT2D eigenvalue weighted by Gasteiger charge is 2.23. The zero-order chi connectivity index (χ0) is 10.8. The van der Waals surface area contributed by atoms with Crippen molar-refractivity contribution in [3.8, 4) is 0 Å². The fraction of sp³-hybridized carbons (Fsp3) is 0.600. The van der Waals surface area contributed by atoms with Gasteiger partial charge in [0.15, 0.2) is 0 Å². The summed E-state index contributed by atoms with van der Waals surface area (Å²) in [5, 5.41) is 3.30. The summed E-state index contributed by atoms with van der Waals surface area (Å²) in [5.41, 5.74) is 0.767. The third-order valence-electron chi connectivity index (χ3n) is 2.25. The van der Waals surface area contributed by atoms with Crippen LogP contribution in [0.15, 0.2) is 12.4 Å². The molecule has 1 unspecified atom stereocenters. The second-order valence-corrected chi connectivity index (χ2v) is 4.66. The van der Waals surface area contributed by atoms with Crippen LogP contribution in [0.4, 0.5) is 5.82 Å². The Hall–Kier alpha value is -0.830. The molecule has 0 bridgehead atoms. The number of halogens is 1. The fourth-order valence-electron chi connectivity index (χ4n) is 0.952. The van der Waals surface area contributed by atoms with Crippen molar-refractivity contribution in [1.29, 1.82) is 0 Å². The average Bonchev–Trinajstić information content (AvgIpc) is 2.02. The molecule has 14 heavy (non-hydrogen) atoms. The lowest BCUT2D eigenvalue weighted by Crippen LogP contribution is -2.39. The predicted octanol–water partition coefficient (Wildman–Crippen LogP) is 2.60. The van der Waals surface area contributed by atoms with Gasteiger partial charge in [0, 0.05) is 17.3 Å². The van der Waals surface area contributed by atoms with Crippen molar-refractivity contribution in [2.45, 2.75) is 38.6 Å². The molecule has 4 heteroatoms. The minimum atomic E-state index is -0.178. The van der Waals surface area contributed by atoms with Gasteiger partial charge in [-0.15, -0.1) is 11.6 Å². The van der Waals surface area contributed by atoms with E-state index < -0.39 is 0 Å². The van der Waals surface area contributed by atoms with Gasteiger partial charge in [-0.1, -0.05) is 0 Å². The van der Waals surface area contributed by atoms with Crippen LogP contribution in [0.5, 0.6) is 0 Å². The summed E-state index contributed by atoms with van der Waals surface area (Å²) in [4.78, 5) is 8.16.